The highest BCUT2D eigenvalue weighted by atomic mass is 16.6. The minimum atomic E-state index is -0.444. The Labute approximate surface area is 260 Å². The highest BCUT2D eigenvalue weighted by molar-refractivity contribution is 5.94. The van der Waals surface area contributed by atoms with E-state index in [9.17, 15) is 14.4 Å². The monoisotopic (exact) mass is 597 g/mol. The zero-order chi connectivity index (χ0) is 30.9. The van der Waals surface area contributed by atoms with Crippen LogP contribution in [0, 0.1) is 5.92 Å². The second-order valence-electron chi connectivity index (χ2n) is 11.7. The molecule has 0 spiro atoms. The number of hydrogen-bond acceptors (Lipinski definition) is 6. The maximum atomic E-state index is 13.6. The standard InChI is InChI=1S/C35H43N5O4/c1-37(34(42)30-16-14-27(15-17-30)26-38-22-18-29(19-23-38)33(36)41)24-25-44-35(43)40(39-20-8-3-9-21-39)32-13-7-6-12-31(32)28-10-4-2-5-11-28/h2,4-7,10-17,29H,3,8-9,18-26H2,1H3,(H2,36,41). The van der Waals surface area contributed by atoms with Crippen molar-refractivity contribution >= 4 is 23.6 Å². The normalized spacial score (nSPS) is 16.3. The van der Waals surface area contributed by atoms with Crippen LogP contribution in [0.1, 0.15) is 48.0 Å². The Morgan fingerprint density at radius 2 is 1.50 bits per heavy atom. The molecule has 0 radical (unpaired) electrons. The second-order valence-corrected chi connectivity index (χ2v) is 11.7. The molecule has 2 fully saturated rings. The number of likely N-dealkylation sites (N-methyl/N-ethyl adjacent to an activating group) is 1. The summed E-state index contributed by atoms with van der Waals surface area (Å²) in [6.45, 7) is 4.35. The lowest BCUT2D eigenvalue weighted by molar-refractivity contribution is -0.123. The fourth-order valence-corrected chi connectivity index (χ4v) is 6.00. The third kappa shape index (κ3) is 7.84. The van der Waals surface area contributed by atoms with Gasteiger partial charge in [0.15, 0.2) is 0 Å². The molecule has 3 aromatic rings. The van der Waals surface area contributed by atoms with Crippen molar-refractivity contribution in [3.05, 3.63) is 90.0 Å². The maximum Gasteiger partial charge on any atom is 0.429 e. The van der Waals surface area contributed by atoms with Gasteiger partial charge in [-0.05, 0) is 68.1 Å². The van der Waals surface area contributed by atoms with Crippen LogP contribution in [-0.4, -0.2) is 79.1 Å². The van der Waals surface area contributed by atoms with Crippen LogP contribution in [0.4, 0.5) is 10.5 Å². The average molecular weight is 598 g/mol. The second kappa shape index (κ2) is 15.0. The number of nitrogens with zero attached hydrogens (tertiary/aromatic N) is 4. The van der Waals surface area contributed by atoms with Gasteiger partial charge in [0, 0.05) is 43.7 Å². The topological polar surface area (TPSA) is 99.4 Å². The molecular formula is C35H43N5O4. The van der Waals surface area contributed by atoms with Gasteiger partial charge in [-0.1, -0.05) is 67.1 Å². The molecule has 3 aromatic carbocycles. The number of hydrogen-bond donors (Lipinski definition) is 1. The number of carbonyl (C=O) groups is 3. The minimum Gasteiger partial charge on any atom is -0.446 e. The molecule has 232 valence electrons. The van der Waals surface area contributed by atoms with E-state index in [0.29, 0.717) is 5.56 Å². The van der Waals surface area contributed by atoms with Crippen molar-refractivity contribution in [2.75, 3.05) is 51.4 Å². The van der Waals surface area contributed by atoms with Gasteiger partial charge in [-0.15, -0.1) is 0 Å². The number of rotatable bonds is 10. The van der Waals surface area contributed by atoms with Gasteiger partial charge in [0.25, 0.3) is 5.91 Å². The number of anilines is 1. The Hall–Kier alpha value is -4.21. The molecule has 2 N–H and O–H groups in total. The van der Waals surface area contributed by atoms with Crippen molar-refractivity contribution < 1.29 is 19.1 Å². The summed E-state index contributed by atoms with van der Waals surface area (Å²) >= 11 is 0. The fourth-order valence-electron chi connectivity index (χ4n) is 6.00. The van der Waals surface area contributed by atoms with Gasteiger partial charge >= 0.3 is 6.09 Å². The molecule has 0 bridgehead atoms. The molecule has 0 atom stereocenters. The van der Waals surface area contributed by atoms with Crippen LogP contribution in [0.15, 0.2) is 78.9 Å². The first-order valence-corrected chi connectivity index (χ1v) is 15.6. The van der Waals surface area contributed by atoms with Crippen molar-refractivity contribution in [2.24, 2.45) is 11.7 Å². The number of amides is 3. The van der Waals surface area contributed by atoms with Crippen molar-refractivity contribution in [1.82, 2.24) is 14.8 Å². The van der Waals surface area contributed by atoms with Gasteiger partial charge in [0.1, 0.15) is 6.61 Å². The summed E-state index contributed by atoms with van der Waals surface area (Å²) in [7, 11) is 1.72. The SMILES string of the molecule is CN(CCOC(=O)N(c1ccccc1-c1ccccc1)N1CCCCC1)C(=O)c1ccc(CN2CCC(C(N)=O)CC2)cc1. The average Bonchev–Trinajstić information content (AvgIpc) is 3.06. The lowest BCUT2D eigenvalue weighted by Gasteiger charge is -2.37. The van der Waals surface area contributed by atoms with E-state index in [-0.39, 0.29) is 30.9 Å². The summed E-state index contributed by atoms with van der Waals surface area (Å²) in [5.41, 5.74) is 9.93. The lowest BCUT2D eigenvalue weighted by Crippen LogP contribution is -2.50. The summed E-state index contributed by atoms with van der Waals surface area (Å²) in [6, 6.07) is 25.6. The van der Waals surface area contributed by atoms with Crippen LogP contribution < -0.4 is 10.7 Å². The van der Waals surface area contributed by atoms with E-state index in [1.54, 1.807) is 17.0 Å². The molecule has 0 unspecified atom stereocenters. The number of ether oxygens (including phenoxy) is 1. The molecule has 0 saturated carbocycles. The van der Waals surface area contributed by atoms with Crippen LogP contribution in [0.5, 0.6) is 0 Å². The zero-order valence-corrected chi connectivity index (χ0v) is 25.6. The highest BCUT2D eigenvalue weighted by Gasteiger charge is 2.29. The van der Waals surface area contributed by atoms with Crippen molar-refractivity contribution in [1.29, 1.82) is 0 Å². The molecule has 2 aliphatic heterocycles. The van der Waals surface area contributed by atoms with Crippen LogP contribution in [0.2, 0.25) is 0 Å². The van der Waals surface area contributed by atoms with Crippen LogP contribution in [0.3, 0.4) is 0 Å². The first-order chi connectivity index (χ1) is 21.4. The lowest BCUT2D eigenvalue weighted by atomic mass is 9.96. The van der Waals surface area contributed by atoms with E-state index in [1.807, 2.05) is 78.9 Å². The Morgan fingerprint density at radius 3 is 2.18 bits per heavy atom. The van der Waals surface area contributed by atoms with Crippen LogP contribution >= 0.6 is 0 Å². The third-order valence-electron chi connectivity index (χ3n) is 8.60. The van der Waals surface area contributed by atoms with E-state index < -0.39 is 6.09 Å². The quantitative estimate of drug-likeness (QED) is 0.346. The molecule has 0 aromatic heterocycles. The van der Waals surface area contributed by atoms with Crippen molar-refractivity contribution in [3.8, 4) is 11.1 Å². The van der Waals surface area contributed by atoms with E-state index in [0.717, 1.165) is 87.2 Å². The number of piperidine rings is 2. The van der Waals surface area contributed by atoms with E-state index >= 15 is 0 Å². The highest BCUT2D eigenvalue weighted by Crippen LogP contribution is 2.33. The molecule has 9 heteroatoms. The van der Waals surface area contributed by atoms with Crippen LogP contribution in [-0.2, 0) is 16.1 Å². The molecule has 3 amide bonds. The number of likely N-dealkylation sites (tertiary alicyclic amines) is 1. The Kier molecular flexibility index (Phi) is 10.6. The third-order valence-corrected chi connectivity index (χ3v) is 8.60. The summed E-state index contributed by atoms with van der Waals surface area (Å²) in [6.07, 6.45) is 4.30. The summed E-state index contributed by atoms with van der Waals surface area (Å²) in [4.78, 5) is 42.1. The number of para-hydroxylation sites is 1. The van der Waals surface area contributed by atoms with E-state index in [4.69, 9.17) is 10.5 Å². The molecule has 9 nitrogen and oxygen atoms in total. The molecule has 2 heterocycles. The Morgan fingerprint density at radius 1 is 0.841 bits per heavy atom. The van der Waals surface area contributed by atoms with Gasteiger partial charge < -0.3 is 15.4 Å². The molecule has 5 rings (SSSR count). The van der Waals surface area contributed by atoms with Gasteiger partial charge in [-0.2, -0.15) is 0 Å². The summed E-state index contributed by atoms with van der Waals surface area (Å²) < 4.78 is 5.80. The smallest absolute Gasteiger partial charge is 0.429 e. The first-order valence-electron chi connectivity index (χ1n) is 15.6. The van der Waals surface area contributed by atoms with Gasteiger partial charge in [-0.25, -0.2) is 14.8 Å². The number of primary amides is 1. The summed E-state index contributed by atoms with van der Waals surface area (Å²) in [5.74, 6) is -0.365. The first kappa shape index (κ1) is 31.2. The Bertz CT molecular complexity index is 1400. The predicted molar refractivity (Wildman–Crippen MR) is 172 cm³/mol. The van der Waals surface area contributed by atoms with Gasteiger partial charge in [0.05, 0.1) is 12.2 Å². The largest absolute Gasteiger partial charge is 0.446 e. The molecule has 44 heavy (non-hydrogen) atoms. The fraction of sp³-hybridized carbons (Fsp3) is 0.400. The van der Waals surface area contributed by atoms with Crippen LogP contribution in [0.25, 0.3) is 11.1 Å². The number of carbonyl (C=O) groups excluding carboxylic acids is 3. The van der Waals surface area contributed by atoms with Gasteiger partial charge in [-0.3, -0.25) is 14.5 Å². The molecular weight excluding hydrogens is 554 g/mol. The number of hydrazine groups is 1. The van der Waals surface area contributed by atoms with Gasteiger partial charge in [0.2, 0.25) is 5.91 Å². The van der Waals surface area contributed by atoms with Crippen molar-refractivity contribution in [3.63, 3.8) is 0 Å². The van der Waals surface area contributed by atoms with E-state index in [1.165, 1.54) is 0 Å². The molecule has 2 aliphatic rings. The number of nitrogens with two attached hydrogens (primary N) is 1. The van der Waals surface area contributed by atoms with E-state index in [2.05, 4.69) is 9.91 Å². The number of benzene rings is 3. The summed E-state index contributed by atoms with van der Waals surface area (Å²) in [5, 5.41) is 3.75. The molecule has 2 saturated heterocycles. The maximum absolute atomic E-state index is 13.6. The zero-order valence-electron chi connectivity index (χ0n) is 25.6. The predicted octanol–water partition coefficient (Wildman–Crippen LogP) is 5.17. The van der Waals surface area contributed by atoms with Crippen molar-refractivity contribution in [2.45, 2.75) is 38.6 Å². The minimum absolute atomic E-state index is 0.0287. The Balaban J connectivity index is 1.17. The molecule has 0 aliphatic carbocycles.